The third-order valence-corrected chi connectivity index (χ3v) is 3.14. The summed E-state index contributed by atoms with van der Waals surface area (Å²) in [5, 5.41) is 0. The van der Waals surface area contributed by atoms with Crippen molar-refractivity contribution in [3.8, 4) is 0 Å². The fourth-order valence-electron chi connectivity index (χ4n) is 0.567. The first-order chi connectivity index (χ1) is 3.85. The molecule has 0 rings (SSSR count). The minimum Gasteiger partial charge on any atom is -0.416 e. The van der Waals surface area contributed by atoms with Crippen molar-refractivity contribution in [3.63, 3.8) is 0 Å². The molecule has 0 aromatic rings. The molecule has 0 saturated carbocycles. The monoisotopic (exact) mass is 130 g/mol. The molecule has 8 heavy (non-hydrogen) atoms. The van der Waals surface area contributed by atoms with Crippen LogP contribution in [0.15, 0.2) is 12.3 Å². The molecular formula is C6H14OSi. The average molecular weight is 130 g/mol. The molecule has 2 heteroatoms. The molecule has 0 bridgehead atoms. The van der Waals surface area contributed by atoms with E-state index >= 15 is 0 Å². The number of rotatable bonds is 4. The van der Waals surface area contributed by atoms with Crippen molar-refractivity contribution >= 4 is 9.04 Å². The molecule has 48 valence electrons. The van der Waals surface area contributed by atoms with E-state index in [2.05, 4.69) is 13.5 Å². The summed E-state index contributed by atoms with van der Waals surface area (Å²) in [6.07, 6.45) is 0. The summed E-state index contributed by atoms with van der Waals surface area (Å²) in [6.45, 7) is 8.71. The van der Waals surface area contributed by atoms with Crippen LogP contribution in [0.4, 0.5) is 0 Å². The van der Waals surface area contributed by atoms with E-state index < -0.39 is 9.04 Å². The van der Waals surface area contributed by atoms with E-state index in [1.807, 2.05) is 12.6 Å². The second-order valence-electron chi connectivity index (χ2n) is 1.64. The highest BCUT2D eigenvalue weighted by atomic mass is 28.3. The minimum atomic E-state index is -0.928. The molecule has 1 unspecified atom stereocenters. The summed E-state index contributed by atoms with van der Waals surface area (Å²) in [7, 11) is -0.928. The van der Waals surface area contributed by atoms with Gasteiger partial charge in [0.1, 0.15) is 0 Å². The Kier molecular flexibility index (Phi) is 5.01. The van der Waals surface area contributed by atoms with Crippen molar-refractivity contribution in [2.75, 3.05) is 6.61 Å². The smallest absolute Gasteiger partial charge is 0.200 e. The van der Waals surface area contributed by atoms with Crippen LogP contribution < -0.4 is 0 Å². The van der Waals surface area contributed by atoms with Crippen LogP contribution in [0.3, 0.4) is 0 Å². The Morgan fingerprint density at radius 2 is 2.25 bits per heavy atom. The lowest BCUT2D eigenvalue weighted by Gasteiger charge is -2.05. The van der Waals surface area contributed by atoms with E-state index in [1.165, 1.54) is 0 Å². The summed E-state index contributed by atoms with van der Waals surface area (Å²) < 4.78 is 5.36. The highest BCUT2D eigenvalue weighted by Crippen LogP contribution is 1.92. The maximum absolute atomic E-state index is 5.36. The van der Waals surface area contributed by atoms with Crippen LogP contribution in [0.1, 0.15) is 13.8 Å². The normalized spacial score (nSPS) is 13.2. The van der Waals surface area contributed by atoms with Crippen LogP contribution in [-0.2, 0) is 4.43 Å². The fourth-order valence-corrected chi connectivity index (χ4v) is 1.70. The Balaban J connectivity index is 3.21. The van der Waals surface area contributed by atoms with E-state index in [-0.39, 0.29) is 0 Å². The molecule has 1 atom stereocenters. The van der Waals surface area contributed by atoms with E-state index in [4.69, 9.17) is 4.43 Å². The molecule has 1 nitrogen and oxygen atoms in total. The Labute approximate surface area is 53.1 Å². The largest absolute Gasteiger partial charge is 0.416 e. The zero-order valence-corrected chi connectivity index (χ0v) is 6.84. The van der Waals surface area contributed by atoms with E-state index in [1.54, 1.807) is 0 Å². The highest BCUT2D eigenvalue weighted by Gasteiger charge is 1.99. The lowest BCUT2D eigenvalue weighted by Crippen LogP contribution is -2.12. The minimum absolute atomic E-state index is 0.844. The first-order valence-electron chi connectivity index (χ1n) is 3.09. The van der Waals surface area contributed by atoms with Gasteiger partial charge in [0.15, 0.2) is 9.04 Å². The van der Waals surface area contributed by atoms with Gasteiger partial charge in [0.05, 0.1) is 0 Å². The molecule has 0 aliphatic rings. The molecule has 0 aliphatic carbocycles. The topological polar surface area (TPSA) is 9.23 Å². The molecular weight excluding hydrogens is 116 g/mol. The first-order valence-corrected chi connectivity index (χ1v) is 5.04. The molecule has 0 N–H and O–H groups in total. The number of hydrogen-bond donors (Lipinski definition) is 0. The van der Waals surface area contributed by atoms with E-state index in [0.29, 0.717) is 0 Å². The van der Waals surface area contributed by atoms with Gasteiger partial charge in [-0.1, -0.05) is 12.6 Å². The lowest BCUT2D eigenvalue weighted by atomic mass is 10.9. The molecule has 0 aromatic carbocycles. The second kappa shape index (κ2) is 5.06. The van der Waals surface area contributed by atoms with Gasteiger partial charge in [-0.2, -0.15) is 0 Å². The van der Waals surface area contributed by atoms with Crippen LogP contribution >= 0.6 is 0 Å². The van der Waals surface area contributed by atoms with Gasteiger partial charge in [-0.05, 0) is 13.0 Å². The Hall–Kier alpha value is -0.0831. The quantitative estimate of drug-likeness (QED) is 0.524. The van der Waals surface area contributed by atoms with Crippen molar-refractivity contribution in [3.05, 3.63) is 12.3 Å². The van der Waals surface area contributed by atoms with Crippen LogP contribution in [-0.4, -0.2) is 15.6 Å². The predicted molar refractivity (Wildman–Crippen MR) is 39.5 cm³/mol. The molecule has 0 saturated heterocycles. The summed E-state index contributed by atoms with van der Waals surface area (Å²) in [5.41, 5.74) is 1.98. The van der Waals surface area contributed by atoms with Gasteiger partial charge in [-0.25, -0.2) is 0 Å². The zero-order valence-electron chi connectivity index (χ0n) is 5.68. The molecule has 0 radical (unpaired) electrons. The van der Waals surface area contributed by atoms with Crippen molar-refractivity contribution < 1.29 is 4.43 Å². The molecule has 0 fully saturated rings. The van der Waals surface area contributed by atoms with Gasteiger partial charge in [0, 0.05) is 6.61 Å². The van der Waals surface area contributed by atoms with Crippen molar-refractivity contribution in [2.45, 2.75) is 19.9 Å². The zero-order chi connectivity index (χ0) is 6.41. The number of hydrogen-bond acceptors (Lipinski definition) is 1. The van der Waals surface area contributed by atoms with Crippen molar-refractivity contribution in [1.82, 2.24) is 0 Å². The lowest BCUT2D eigenvalue weighted by molar-refractivity contribution is 0.350. The van der Waals surface area contributed by atoms with Gasteiger partial charge in [-0.3, -0.25) is 0 Å². The average Bonchev–Trinajstić information content (AvgIpc) is 1.83. The van der Waals surface area contributed by atoms with Gasteiger partial charge >= 0.3 is 0 Å². The van der Waals surface area contributed by atoms with Crippen LogP contribution in [0.25, 0.3) is 0 Å². The summed E-state index contributed by atoms with van der Waals surface area (Å²) in [5.74, 6) is 0. The van der Waals surface area contributed by atoms with Crippen LogP contribution in [0, 0.1) is 0 Å². The SMILES string of the molecule is C=C[SiH](CC)OCC. The molecule has 0 aromatic heterocycles. The highest BCUT2D eigenvalue weighted by molar-refractivity contribution is 6.57. The van der Waals surface area contributed by atoms with Gasteiger partial charge in [0.2, 0.25) is 0 Å². The predicted octanol–water partition coefficient (Wildman–Crippen LogP) is 1.49. The Morgan fingerprint density at radius 1 is 1.62 bits per heavy atom. The third-order valence-electron chi connectivity index (χ3n) is 1.05. The van der Waals surface area contributed by atoms with E-state index in [0.717, 1.165) is 12.7 Å². The second-order valence-corrected chi connectivity index (χ2v) is 4.34. The third kappa shape index (κ3) is 2.99. The molecule has 0 amide bonds. The van der Waals surface area contributed by atoms with Crippen molar-refractivity contribution in [2.24, 2.45) is 0 Å². The molecule has 0 spiro atoms. The molecule has 0 heterocycles. The first kappa shape index (κ1) is 7.92. The Morgan fingerprint density at radius 3 is 2.38 bits per heavy atom. The maximum atomic E-state index is 5.36. The summed E-state index contributed by atoms with van der Waals surface area (Å²) in [4.78, 5) is 0. The van der Waals surface area contributed by atoms with E-state index in [9.17, 15) is 0 Å². The van der Waals surface area contributed by atoms with Crippen LogP contribution in [0.5, 0.6) is 0 Å². The van der Waals surface area contributed by atoms with Gasteiger partial charge in [0.25, 0.3) is 0 Å². The molecule has 0 aliphatic heterocycles. The van der Waals surface area contributed by atoms with Crippen molar-refractivity contribution in [1.29, 1.82) is 0 Å². The van der Waals surface area contributed by atoms with Gasteiger partial charge in [-0.15, -0.1) is 6.58 Å². The maximum Gasteiger partial charge on any atom is 0.200 e. The Bertz CT molecular complexity index is 63.5. The standard InChI is InChI=1S/C6H14OSi/c1-4-7-8(5-2)6-3/h5,8H,2,4,6H2,1,3H3. The fraction of sp³-hybridized carbons (Fsp3) is 0.667. The summed E-state index contributed by atoms with van der Waals surface area (Å²) >= 11 is 0. The van der Waals surface area contributed by atoms with Crippen LogP contribution in [0.2, 0.25) is 6.04 Å². The van der Waals surface area contributed by atoms with Gasteiger partial charge < -0.3 is 4.43 Å². The summed E-state index contributed by atoms with van der Waals surface area (Å²) in [6, 6.07) is 1.16.